The van der Waals surface area contributed by atoms with Crippen LogP contribution in [0.4, 0.5) is 5.69 Å². The van der Waals surface area contributed by atoms with Gasteiger partial charge in [0.25, 0.3) is 0 Å². The molecule has 0 aliphatic carbocycles. The molecule has 1 unspecified atom stereocenters. The van der Waals surface area contributed by atoms with Gasteiger partial charge in [-0.2, -0.15) is 11.8 Å². The maximum Gasteiger partial charge on any atom is 0.242 e. The molecule has 0 radical (unpaired) electrons. The van der Waals surface area contributed by atoms with Gasteiger partial charge in [0.05, 0.1) is 12.5 Å². The molecule has 20 heavy (non-hydrogen) atoms. The molecule has 0 saturated carbocycles. The molecule has 108 valence electrons. The third-order valence-corrected chi connectivity index (χ3v) is 4.21. The number of hydrogen-bond donors (Lipinski definition) is 3. The van der Waals surface area contributed by atoms with Crippen molar-refractivity contribution < 1.29 is 9.59 Å². The highest BCUT2D eigenvalue weighted by molar-refractivity contribution is 7.99. The zero-order valence-electron chi connectivity index (χ0n) is 11.4. The van der Waals surface area contributed by atoms with Gasteiger partial charge in [-0.3, -0.25) is 9.59 Å². The Bertz CT molecular complexity index is 487. The second kappa shape index (κ2) is 7.31. The van der Waals surface area contributed by atoms with E-state index in [1.165, 1.54) is 0 Å². The largest absolute Gasteiger partial charge is 0.359 e. The number of anilines is 1. The molecule has 2 amide bonds. The van der Waals surface area contributed by atoms with Crippen molar-refractivity contribution in [2.75, 3.05) is 30.4 Å². The lowest BCUT2D eigenvalue weighted by atomic mass is 10.1. The van der Waals surface area contributed by atoms with Crippen LogP contribution >= 0.6 is 11.8 Å². The molecule has 1 aromatic rings. The van der Waals surface area contributed by atoms with Crippen LogP contribution in [-0.4, -0.2) is 43.0 Å². The van der Waals surface area contributed by atoms with E-state index in [1.807, 2.05) is 24.3 Å². The Morgan fingerprint density at radius 1 is 1.40 bits per heavy atom. The summed E-state index contributed by atoms with van der Waals surface area (Å²) in [5.41, 5.74) is 1.53. The molecular formula is C14H19N3O2S. The first-order valence-corrected chi connectivity index (χ1v) is 7.76. The summed E-state index contributed by atoms with van der Waals surface area (Å²) in [6.07, 6.45) is 0.264. The molecule has 3 N–H and O–H groups in total. The highest BCUT2D eigenvalue weighted by atomic mass is 32.2. The third-order valence-electron chi connectivity index (χ3n) is 3.14. The summed E-state index contributed by atoms with van der Waals surface area (Å²) in [6.45, 7) is 0.850. The number of rotatable bonds is 4. The molecule has 5 nitrogen and oxygen atoms in total. The predicted molar refractivity (Wildman–Crippen MR) is 82.0 cm³/mol. The second-order valence-electron chi connectivity index (χ2n) is 4.58. The Morgan fingerprint density at radius 3 is 2.90 bits per heavy atom. The predicted octanol–water partition coefficient (Wildman–Crippen LogP) is 0.619. The molecule has 1 heterocycles. The van der Waals surface area contributed by atoms with Crippen LogP contribution < -0.4 is 16.0 Å². The average Bonchev–Trinajstić information content (AvgIpc) is 2.50. The maximum atomic E-state index is 12.2. The fraction of sp³-hybridized carbons (Fsp3) is 0.429. The highest BCUT2D eigenvalue weighted by Gasteiger charge is 2.21. The highest BCUT2D eigenvalue weighted by Crippen LogP contribution is 2.17. The molecule has 1 aromatic carbocycles. The van der Waals surface area contributed by atoms with Crippen LogP contribution in [0.3, 0.4) is 0 Å². The number of likely N-dealkylation sites (N-methyl/N-ethyl adjacent to an activating group) is 1. The monoisotopic (exact) mass is 293 g/mol. The van der Waals surface area contributed by atoms with E-state index in [0.717, 1.165) is 23.6 Å². The van der Waals surface area contributed by atoms with Crippen LogP contribution in [-0.2, 0) is 16.0 Å². The summed E-state index contributed by atoms with van der Waals surface area (Å²) in [6, 6.07) is 7.23. The Balaban J connectivity index is 2.04. The first-order chi connectivity index (χ1) is 9.70. The fourth-order valence-electron chi connectivity index (χ4n) is 2.01. The summed E-state index contributed by atoms with van der Waals surface area (Å²) in [4.78, 5) is 23.7. The van der Waals surface area contributed by atoms with Crippen molar-refractivity contribution >= 4 is 29.3 Å². The number of amides is 2. The normalized spacial score (nSPS) is 18.4. The minimum Gasteiger partial charge on any atom is -0.359 e. The number of hydrogen-bond acceptors (Lipinski definition) is 4. The number of thioether (sulfide) groups is 1. The van der Waals surface area contributed by atoms with Gasteiger partial charge in [0, 0.05) is 30.8 Å². The molecule has 6 heteroatoms. The number of benzene rings is 1. The molecule has 0 bridgehead atoms. The lowest BCUT2D eigenvalue weighted by Crippen LogP contribution is -2.46. The second-order valence-corrected chi connectivity index (χ2v) is 5.73. The van der Waals surface area contributed by atoms with Crippen molar-refractivity contribution in [3.05, 3.63) is 29.8 Å². The van der Waals surface area contributed by atoms with Gasteiger partial charge in [-0.15, -0.1) is 0 Å². The van der Waals surface area contributed by atoms with E-state index in [1.54, 1.807) is 18.8 Å². The van der Waals surface area contributed by atoms with Crippen molar-refractivity contribution in [2.45, 2.75) is 12.5 Å². The van der Waals surface area contributed by atoms with Crippen molar-refractivity contribution in [1.82, 2.24) is 10.6 Å². The van der Waals surface area contributed by atoms with E-state index in [2.05, 4.69) is 16.0 Å². The minimum atomic E-state index is -0.165. The summed E-state index contributed by atoms with van der Waals surface area (Å²) in [5.74, 6) is 1.71. The Labute approximate surface area is 122 Å². The molecule has 0 spiro atoms. The van der Waals surface area contributed by atoms with Gasteiger partial charge in [-0.05, 0) is 11.6 Å². The quantitative estimate of drug-likeness (QED) is 0.761. The number of carbonyl (C=O) groups excluding carboxylic acids is 2. The van der Waals surface area contributed by atoms with Crippen molar-refractivity contribution in [3.63, 3.8) is 0 Å². The number of nitrogens with one attached hydrogen (secondary N) is 3. The first kappa shape index (κ1) is 14.9. The van der Waals surface area contributed by atoms with E-state index >= 15 is 0 Å². The lowest BCUT2D eigenvalue weighted by molar-refractivity contribution is -0.120. The van der Waals surface area contributed by atoms with Crippen LogP contribution in [0.5, 0.6) is 0 Å². The van der Waals surface area contributed by atoms with Crippen LogP contribution in [0.25, 0.3) is 0 Å². The van der Waals surface area contributed by atoms with E-state index in [4.69, 9.17) is 0 Å². The van der Waals surface area contributed by atoms with E-state index in [-0.39, 0.29) is 24.3 Å². The lowest BCUT2D eigenvalue weighted by Gasteiger charge is -2.22. The number of carbonyl (C=O) groups is 2. The van der Waals surface area contributed by atoms with Gasteiger partial charge >= 0.3 is 0 Å². The van der Waals surface area contributed by atoms with Crippen LogP contribution in [0, 0.1) is 0 Å². The topological polar surface area (TPSA) is 70.2 Å². The minimum absolute atomic E-state index is 0.0402. The molecular weight excluding hydrogens is 274 g/mol. The Kier molecular flexibility index (Phi) is 5.43. The van der Waals surface area contributed by atoms with Crippen LogP contribution in [0.2, 0.25) is 0 Å². The maximum absolute atomic E-state index is 12.2. The van der Waals surface area contributed by atoms with Gasteiger partial charge < -0.3 is 16.0 Å². The van der Waals surface area contributed by atoms with Crippen molar-refractivity contribution in [3.8, 4) is 0 Å². The molecule has 1 aliphatic heterocycles. The van der Waals surface area contributed by atoms with Gasteiger partial charge in [-0.25, -0.2) is 0 Å². The molecule has 1 fully saturated rings. The zero-order valence-corrected chi connectivity index (χ0v) is 12.3. The first-order valence-electron chi connectivity index (χ1n) is 6.61. The average molecular weight is 293 g/mol. The van der Waals surface area contributed by atoms with E-state index < -0.39 is 0 Å². The smallest absolute Gasteiger partial charge is 0.242 e. The molecule has 1 saturated heterocycles. The SMILES string of the molecule is CNC(=O)Cc1ccccc1NC(=O)C1CSCCN1. The summed E-state index contributed by atoms with van der Waals surface area (Å²) < 4.78 is 0. The van der Waals surface area contributed by atoms with E-state index in [9.17, 15) is 9.59 Å². The Morgan fingerprint density at radius 2 is 2.20 bits per heavy atom. The fourth-order valence-corrected chi connectivity index (χ4v) is 2.95. The molecule has 1 aliphatic rings. The molecule has 0 aromatic heterocycles. The van der Waals surface area contributed by atoms with Gasteiger partial charge in [0.15, 0.2) is 0 Å². The van der Waals surface area contributed by atoms with E-state index in [0.29, 0.717) is 5.69 Å². The Hall–Kier alpha value is -1.53. The van der Waals surface area contributed by atoms with Gasteiger partial charge in [0.2, 0.25) is 11.8 Å². The van der Waals surface area contributed by atoms with Crippen molar-refractivity contribution in [1.29, 1.82) is 0 Å². The summed E-state index contributed by atoms with van der Waals surface area (Å²) >= 11 is 1.77. The van der Waals surface area contributed by atoms with Crippen LogP contribution in [0.15, 0.2) is 24.3 Å². The standard InChI is InChI=1S/C14H19N3O2S/c1-15-13(18)8-10-4-2-3-5-11(10)17-14(19)12-9-20-7-6-16-12/h2-5,12,16H,6-9H2,1H3,(H,15,18)(H,17,19). The van der Waals surface area contributed by atoms with Crippen LogP contribution in [0.1, 0.15) is 5.56 Å². The van der Waals surface area contributed by atoms with Gasteiger partial charge in [0.1, 0.15) is 0 Å². The summed E-state index contributed by atoms with van der Waals surface area (Å²) in [5, 5.41) is 8.70. The molecule has 2 rings (SSSR count). The summed E-state index contributed by atoms with van der Waals surface area (Å²) in [7, 11) is 1.60. The van der Waals surface area contributed by atoms with Crippen molar-refractivity contribution in [2.24, 2.45) is 0 Å². The third kappa shape index (κ3) is 3.98. The molecule has 1 atom stereocenters. The zero-order chi connectivity index (χ0) is 14.4. The van der Waals surface area contributed by atoms with Gasteiger partial charge in [-0.1, -0.05) is 18.2 Å². The number of para-hydroxylation sites is 1.